The molecule has 0 saturated carbocycles. The van der Waals surface area contributed by atoms with Gasteiger partial charge >= 0.3 is 11.9 Å². The summed E-state index contributed by atoms with van der Waals surface area (Å²) < 4.78 is 27.3. The lowest BCUT2D eigenvalue weighted by Crippen LogP contribution is -2.29. The van der Waals surface area contributed by atoms with Gasteiger partial charge in [0.2, 0.25) is 5.75 Å². The average Bonchev–Trinajstić information content (AvgIpc) is 3.53. The van der Waals surface area contributed by atoms with E-state index < -0.39 is 29.5 Å². The fourth-order valence-corrected chi connectivity index (χ4v) is 5.55. The average molecular weight is 609 g/mol. The van der Waals surface area contributed by atoms with Gasteiger partial charge < -0.3 is 28.8 Å². The summed E-state index contributed by atoms with van der Waals surface area (Å²) in [4.78, 5) is 45.7. The molecule has 1 atom stereocenters. The Bertz CT molecular complexity index is 1550. The molecule has 0 spiro atoms. The van der Waals surface area contributed by atoms with E-state index in [1.807, 2.05) is 6.92 Å². The van der Waals surface area contributed by atoms with E-state index in [1.165, 1.54) is 27.4 Å². The number of aliphatic hydroxyl groups is 1. The molecule has 3 aromatic rings. The standard InChI is InChI=1S/C31H32N2O9S/c1-7-13-41-20-11-9-18(10-12-20)25(34)23-24(19-15-21(38-4)27(40-6)22(16-19)39-5)33(29(36)26(23)35)31-32-17(3)28(43-31)30(37)42-14-8-2/h8-12,15-16,24,34H,2,7,13-14H2,1,3-6H3/b25-23+. The van der Waals surface area contributed by atoms with E-state index in [0.29, 0.717) is 34.9 Å². The van der Waals surface area contributed by atoms with Gasteiger partial charge in [0.25, 0.3) is 5.78 Å². The van der Waals surface area contributed by atoms with Crippen molar-refractivity contribution in [2.75, 3.05) is 39.4 Å². The summed E-state index contributed by atoms with van der Waals surface area (Å²) in [6, 6.07) is 8.52. The molecule has 1 N–H and O–H groups in total. The maximum atomic E-state index is 13.7. The normalized spacial score (nSPS) is 15.7. The van der Waals surface area contributed by atoms with E-state index >= 15 is 0 Å². The maximum absolute atomic E-state index is 13.7. The van der Waals surface area contributed by atoms with Crippen LogP contribution in [0.2, 0.25) is 0 Å². The number of aryl methyl sites for hydroxylation is 1. The molecule has 4 rings (SSSR count). The van der Waals surface area contributed by atoms with Gasteiger partial charge in [-0.05, 0) is 55.3 Å². The maximum Gasteiger partial charge on any atom is 0.350 e. The second-order valence-electron chi connectivity index (χ2n) is 9.30. The van der Waals surface area contributed by atoms with Gasteiger partial charge in [-0.2, -0.15) is 0 Å². The number of amides is 1. The van der Waals surface area contributed by atoms with Crippen molar-refractivity contribution in [3.63, 3.8) is 0 Å². The molecule has 0 aliphatic carbocycles. The Kier molecular flexibility index (Phi) is 9.71. The first-order chi connectivity index (χ1) is 20.7. The third kappa shape index (κ3) is 6.05. The lowest BCUT2D eigenvalue weighted by atomic mass is 9.94. The lowest BCUT2D eigenvalue weighted by molar-refractivity contribution is -0.132. The number of Topliss-reactive ketones (excluding diaryl/α,β-unsaturated/α-hetero) is 1. The van der Waals surface area contributed by atoms with Crippen molar-refractivity contribution in [1.82, 2.24) is 4.98 Å². The van der Waals surface area contributed by atoms with E-state index in [1.54, 1.807) is 43.3 Å². The topological polar surface area (TPSA) is 134 Å². The summed E-state index contributed by atoms with van der Waals surface area (Å²) in [7, 11) is 4.32. The highest BCUT2D eigenvalue weighted by molar-refractivity contribution is 7.17. The SMILES string of the molecule is C=CCOC(=O)c1sc(N2C(=O)C(=O)/C(=C(/O)c3ccc(OCCC)cc3)C2c2cc(OC)c(OC)c(OC)c2)nc1C. The first-order valence-corrected chi connectivity index (χ1v) is 14.1. The zero-order valence-electron chi connectivity index (χ0n) is 24.5. The van der Waals surface area contributed by atoms with Gasteiger partial charge in [0.15, 0.2) is 16.6 Å². The molecular formula is C31H32N2O9S. The fraction of sp³-hybridized carbons (Fsp3) is 0.290. The summed E-state index contributed by atoms with van der Waals surface area (Å²) in [5, 5.41) is 11.6. The smallest absolute Gasteiger partial charge is 0.350 e. The van der Waals surface area contributed by atoms with Crippen LogP contribution < -0.4 is 23.8 Å². The van der Waals surface area contributed by atoms with E-state index in [4.69, 9.17) is 23.7 Å². The molecule has 1 fully saturated rings. The highest BCUT2D eigenvalue weighted by atomic mass is 32.1. The number of hydrogen-bond donors (Lipinski definition) is 1. The van der Waals surface area contributed by atoms with E-state index in [-0.39, 0.29) is 33.7 Å². The van der Waals surface area contributed by atoms with Crippen molar-refractivity contribution in [3.8, 4) is 23.0 Å². The number of nitrogens with zero attached hydrogens (tertiary/aromatic N) is 2. The van der Waals surface area contributed by atoms with Crippen LogP contribution in [0.25, 0.3) is 5.76 Å². The quantitative estimate of drug-likeness (QED) is 0.0957. The minimum absolute atomic E-state index is 0.0102. The van der Waals surface area contributed by atoms with Crippen molar-refractivity contribution in [2.24, 2.45) is 0 Å². The molecule has 11 nitrogen and oxygen atoms in total. The Morgan fingerprint density at radius 1 is 1.09 bits per heavy atom. The first-order valence-electron chi connectivity index (χ1n) is 13.3. The predicted molar refractivity (Wildman–Crippen MR) is 160 cm³/mol. The number of aromatic nitrogens is 1. The minimum atomic E-state index is -1.17. The van der Waals surface area contributed by atoms with E-state index in [0.717, 1.165) is 22.7 Å². The monoisotopic (exact) mass is 608 g/mol. The molecule has 1 aromatic heterocycles. The summed E-state index contributed by atoms with van der Waals surface area (Å²) in [6.45, 7) is 7.63. The Labute approximate surface area is 252 Å². The van der Waals surface area contributed by atoms with Crippen molar-refractivity contribution < 1.29 is 43.2 Å². The molecule has 1 aliphatic rings. The number of benzene rings is 2. The van der Waals surface area contributed by atoms with Gasteiger partial charge in [0.1, 0.15) is 23.0 Å². The summed E-state index contributed by atoms with van der Waals surface area (Å²) >= 11 is 0.891. The molecule has 2 heterocycles. The van der Waals surface area contributed by atoms with Gasteiger partial charge in [0.05, 0.1) is 45.2 Å². The molecule has 1 saturated heterocycles. The first kappa shape index (κ1) is 31.1. The molecule has 0 radical (unpaired) electrons. The van der Waals surface area contributed by atoms with Crippen molar-refractivity contribution in [1.29, 1.82) is 0 Å². The molecule has 43 heavy (non-hydrogen) atoms. The van der Waals surface area contributed by atoms with Gasteiger partial charge in [-0.1, -0.05) is 30.9 Å². The van der Waals surface area contributed by atoms with E-state index in [9.17, 15) is 19.5 Å². The molecule has 12 heteroatoms. The Morgan fingerprint density at radius 2 is 1.74 bits per heavy atom. The number of hydrogen-bond acceptors (Lipinski definition) is 11. The van der Waals surface area contributed by atoms with Crippen LogP contribution in [-0.2, 0) is 14.3 Å². The third-order valence-electron chi connectivity index (χ3n) is 6.56. The Balaban J connectivity index is 1.93. The molecule has 0 bridgehead atoms. The van der Waals surface area contributed by atoms with Gasteiger partial charge in [0, 0.05) is 5.56 Å². The highest BCUT2D eigenvalue weighted by Gasteiger charge is 2.49. The van der Waals surface area contributed by atoms with Crippen molar-refractivity contribution in [2.45, 2.75) is 26.3 Å². The van der Waals surface area contributed by atoms with Crippen molar-refractivity contribution >= 4 is 39.9 Å². The molecule has 1 amide bonds. The Hall–Kier alpha value is -4.84. The molecule has 1 aliphatic heterocycles. The van der Waals surface area contributed by atoms with E-state index in [2.05, 4.69) is 11.6 Å². The lowest BCUT2D eigenvalue weighted by Gasteiger charge is -2.24. The number of anilines is 1. The van der Waals surface area contributed by atoms with Gasteiger partial charge in [-0.15, -0.1) is 0 Å². The molecule has 226 valence electrons. The largest absolute Gasteiger partial charge is 0.507 e. The second kappa shape index (κ2) is 13.4. The predicted octanol–water partition coefficient (Wildman–Crippen LogP) is 5.24. The number of thiazole rings is 1. The number of ether oxygens (including phenoxy) is 5. The molecular weight excluding hydrogens is 576 g/mol. The highest BCUT2D eigenvalue weighted by Crippen LogP contribution is 2.48. The minimum Gasteiger partial charge on any atom is -0.507 e. The number of methoxy groups -OCH3 is 3. The Morgan fingerprint density at radius 3 is 2.30 bits per heavy atom. The number of carbonyl (C=O) groups is 3. The van der Waals surface area contributed by atoms with Crippen LogP contribution in [0, 0.1) is 6.92 Å². The number of rotatable bonds is 12. The second-order valence-corrected chi connectivity index (χ2v) is 10.3. The number of ketones is 1. The number of carbonyl (C=O) groups excluding carboxylic acids is 3. The molecule has 2 aromatic carbocycles. The zero-order valence-corrected chi connectivity index (χ0v) is 25.3. The van der Waals surface area contributed by atoms with Crippen LogP contribution in [0.1, 0.15) is 45.9 Å². The third-order valence-corrected chi connectivity index (χ3v) is 7.69. The van der Waals surface area contributed by atoms with Crippen LogP contribution >= 0.6 is 11.3 Å². The van der Waals surface area contributed by atoms with Crippen LogP contribution in [-0.4, -0.2) is 62.3 Å². The zero-order chi connectivity index (χ0) is 31.3. The summed E-state index contributed by atoms with van der Waals surface area (Å²) in [5.74, 6) is -1.50. The van der Waals surface area contributed by atoms with Crippen LogP contribution in [0.15, 0.2) is 54.6 Å². The summed E-state index contributed by atoms with van der Waals surface area (Å²) in [6.07, 6.45) is 2.25. The number of esters is 1. The van der Waals surface area contributed by atoms with Gasteiger partial charge in [-0.3, -0.25) is 14.5 Å². The van der Waals surface area contributed by atoms with Gasteiger partial charge in [-0.25, -0.2) is 9.78 Å². The van der Waals surface area contributed by atoms with Crippen LogP contribution in [0.3, 0.4) is 0 Å². The van der Waals surface area contributed by atoms with Crippen LogP contribution in [0.5, 0.6) is 23.0 Å². The summed E-state index contributed by atoms with van der Waals surface area (Å²) in [5.41, 5.74) is 0.775. The van der Waals surface area contributed by atoms with Crippen molar-refractivity contribution in [3.05, 3.63) is 76.3 Å². The van der Waals surface area contributed by atoms with Crippen LogP contribution in [0.4, 0.5) is 5.13 Å². The molecule has 1 unspecified atom stereocenters. The number of aliphatic hydroxyl groups excluding tert-OH is 1. The fourth-order valence-electron chi connectivity index (χ4n) is 4.56.